The number of carbonyl (C=O) groups is 2. The van der Waals surface area contributed by atoms with Crippen LogP contribution >= 0.6 is 0 Å². The number of carbonyl (C=O) groups excluding carboxylic acids is 2. The lowest BCUT2D eigenvalue weighted by Gasteiger charge is -2.22. The lowest BCUT2D eigenvalue weighted by atomic mass is 10.1. The van der Waals surface area contributed by atoms with E-state index in [1.807, 2.05) is 31.2 Å². The average Bonchev–Trinajstić information content (AvgIpc) is 2.90. The highest BCUT2D eigenvalue weighted by Gasteiger charge is 2.34. The van der Waals surface area contributed by atoms with E-state index < -0.39 is 6.04 Å². The summed E-state index contributed by atoms with van der Waals surface area (Å²) in [5.41, 5.74) is 2.15. The van der Waals surface area contributed by atoms with Crippen molar-refractivity contribution in [1.29, 1.82) is 0 Å². The molecule has 1 aromatic carbocycles. The van der Waals surface area contributed by atoms with Crippen LogP contribution in [0.1, 0.15) is 24.0 Å². The van der Waals surface area contributed by atoms with Crippen molar-refractivity contribution in [2.75, 3.05) is 13.7 Å². The maximum atomic E-state index is 12.2. The lowest BCUT2D eigenvalue weighted by molar-refractivity contribution is -0.150. The van der Waals surface area contributed by atoms with Gasteiger partial charge in [-0.15, -0.1) is 0 Å². The number of esters is 1. The van der Waals surface area contributed by atoms with Gasteiger partial charge in [-0.25, -0.2) is 4.79 Å². The monoisotopic (exact) mass is 261 g/mol. The molecule has 1 heterocycles. The molecule has 1 aliphatic heterocycles. The highest BCUT2D eigenvalue weighted by atomic mass is 16.5. The van der Waals surface area contributed by atoms with Crippen LogP contribution in [0.5, 0.6) is 0 Å². The van der Waals surface area contributed by atoms with E-state index in [2.05, 4.69) is 0 Å². The molecule has 0 saturated carbocycles. The number of hydrogen-bond acceptors (Lipinski definition) is 3. The zero-order valence-electron chi connectivity index (χ0n) is 11.4. The second-order valence-corrected chi connectivity index (χ2v) is 4.93. The van der Waals surface area contributed by atoms with Crippen molar-refractivity contribution in [3.05, 3.63) is 35.4 Å². The first-order valence-corrected chi connectivity index (χ1v) is 6.54. The van der Waals surface area contributed by atoms with Crippen LogP contribution < -0.4 is 0 Å². The molecule has 1 aromatic rings. The maximum Gasteiger partial charge on any atom is 0.328 e. The van der Waals surface area contributed by atoms with Crippen LogP contribution in [0.25, 0.3) is 0 Å². The number of benzene rings is 1. The molecule has 1 aliphatic rings. The predicted octanol–water partition coefficient (Wildman–Crippen LogP) is 1.70. The predicted molar refractivity (Wildman–Crippen MR) is 71.6 cm³/mol. The molecule has 2 rings (SSSR count). The van der Waals surface area contributed by atoms with Crippen LogP contribution in [0.2, 0.25) is 0 Å². The van der Waals surface area contributed by atoms with Gasteiger partial charge in [0.25, 0.3) is 0 Å². The third-order valence-electron chi connectivity index (χ3n) is 3.52. The van der Waals surface area contributed by atoms with E-state index in [9.17, 15) is 9.59 Å². The first-order chi connectivity index (χ1) is 9.11. The second kappa shape index (κ2) is 5.87. The minimum absolute atomic E-state index is 0.00301. The molecule has 1 fully saturated rings. The zero-order chi connectivity index (χ0) is 13.8. The minimum atomic E-state index is -0.400. The van der Waals surface area contributed by atoms with E-state index in [1.54, 1.807) is 4.90 Å². The van der Waals surface area contributed by atoms with Crippen LogP contribution in [0.3, 0.4) is 0 Å². The quantitative estimate of drug-likeness (QED) is 0.778. The number of rotatable bonds is 3. The molecule has 0 spiro atoms. The Kier molecular flexibility index (Phi) is 4.20. The number of ether oxygens (including phenoxy) is 1. The molecular weight excluding hydrogens is 242 g/mol. The summed E-state index contributed by atoms with van der Waals surface area (Å²) in [6.45, 7) is 2.66. The van der Waals surface area contributed by atoms with Crippen LogP contribution in [-0.2, 0) is 20.7 Å². The fraction of sp³-hybridized carbons (Fsp3) is 0.467. The van der Waals surface area contributed by atoms with Gasteiger partial charge >= 0.3 is 5.97 Å². The molecule has 1 unspecified atom stereocenters. The normalized spacial score (nSPS) is 18.4. The van der Waals surface area contributed by atoms with Crippen LogP contribution in [0.4, 0.5) is 0 Å². The summed E-state index contributed by atoms with van der Waals surface area (Å²) in [6, 6.07) is 7.49. The van der Waals surface area contributed by atoms with Gasteiger partial charge < -0.3 is 9.64 Å². The summed E-state index contributed by atoms with van der Waals surface area (Å²) < 4.78 is 4.75. The van der Waals surface area contributed by atoms with Gasteiger partial charge in [0.1, 0.15) is 6.04 Å². The Labute approximate surface area is 113 Å². The summed E-state index contributed by atoms with van der Waals surface area (Å²) >= 11 is 0. The smallest absolute Gasteiger partial charge is 0.328 e. The molecule has 102 valence electrons. The summed E-state index contributed by atoms with van der Waals surface area (Å²) in [5.74, 6) is -0.313. The molecule has 19 heavy (non-hydrogen) atoms. The number of likely N-dealkylation sites (tertiary alicyclic amines) is 1. The summed E-state index contributed by atoms with van der Waals surface area (Å²) in [7, 11) is 1.36. The van der Waals surface area contributed by atoms with Gasteiger partial charge in [0.2, 0.25) is 5.91 Å². The zero-order valence-corrected chi connectivity index (χ0v) is 11.4. The molecule has 0 aliphatic carbocycles. The SMILES string of the molecule is COC(=O)C1CCCN1C(=O)Cc1ccc(C)cc1. The highest BCUT2D eigenvalue weighted by molar-refractivity contribution is 5.86. The van der Waals surface area contributed by atoms with Gasteiger partial charge in [0.05, 0.1) is 13.5 Å². The molecule has 1 saturated heterocycles. The van der Waals surface area contributed by atoms with Gasteiger partial charge in [-0.1, -0.05) is 29.8 Å². The molecule has 4 heteroatoms. The Bertz CT molecular complexity index is 467. The van der Waals surface area contributed by atoms with Crippen molar-refractivity contribution >= 4 is 11.9 Å². The molecule has 4 nitrogen and oxygen atoms in total. The molecule has 0 radical (unpaired) electrons. The number of aryl methyl sites for hydroxylation is 1. The maximum absolute atomic E-state index is 12.2. The van der Waals surface area contributed by atoms with Crippen LogP contribution in [-0.4, -0.2) is 36.5 Å². The Morgan fingerprint density at radius 2 is 2.00 bits per heavy atom. The third-order valence-corrected chi connectivity index (χ3v) is 3.52. The van der Waals surface area contributed by atoms with Crippen LogP contribution in [0, 0.1) is 6.92 Å². The van der Waals surface area contributed by atoms with Crippen molar-refractivity contribution in [2.45, 2.75) is 32.2 Å². The fourth-order valence-electron chi connectivity index (χ4n) is 2.43. The molecule has 0 aromatic heterocycles. The Morgan fingerprint density at radius 3 is 2.63 bits per heavy atom. The van der Waals surface area contributed by atoms with Crippen molar-refractivity contribution in [2.24, 2.45) is 0 Å². The van der Waals surface area contributed by atoms with Crippen LogP contribution in [0.15, 0.2) is 24.3 Å². The Balaban J connectivity index is 2.03. The summed E-state index contributed by atoms with van der Waals surface area (Å²) in [5, 5.41) is 0. The lowest BCUT2D eigenvalue weighted by Crippen LogP contribution is -2.41. The summed E-state index contributed by atoms with van der Waals surface area (Å²) in [6.07, 6.45) is 1.90. The number of methoxy groups -OCH3 is 1. The molecule has 0 N–H and O–H groups in total. The largest absolute Gasteiger partial charge is 0.467 e. The molecule has 1 atom stereocenters. The fourth-order valence-corrected chi connectivity index (χ4v) is 2.43. The molecule has 0 bridgehead atoms. The van der Waals surface area contributed by atoms with Gasteiger partial charge in [-0.05, 0) is 25.3 Å². The Morgan fingerprint density at radius 1 is 1.32 bits per heavy atom. The number of hydrogen-bond donors (Lipinski definition) is 0. The number of amides is 1. The van der Waals surface area contributed by atoms with Crippen molar-refractivity contribution in [1.82, 2.24) is 4.90 Å². The molecule has 1 amide bonds. The van der Waals surface area contributed by atoms with E-state index in [0.717, 1.165) is 12.0 Å². The first-order valence-electron chi connectivity index (χ1n) is 6.54. The van der Waals surface area contributed by atoms with Gasteiger partial charge in [-0.2, -0.15) is 0 Å². The van der Waals surface area contributed by atoms with Gasteiger partial charge in [0.15, 0.2) is 0 Å². The van der Waals surface area contributed by atoms with E-state index in [0.29, 0.717) is 19.4 Å². The van der Waals surface area contributed by atoms with E-state index in [-0.39, 0.29) is 11.9 Å². The Hall–Kier alpha value is -1.84. The second-order valence-electron chi connectivity index (χ2n) is 4.93. The van der Waals surface area contributed by atoms with Crippen molar-refractivity contribution in [3.63, 3.8) is 0 Å². The minimum Gasteiger partial charge on any atom is -0.467 e. The average molecular weight is 261 g/mol. The first kappa shape index (κ1) is 13.6. The molecular formula is C15H19NO3. The standard InChI is InChI=1S/C15H19NO3/c1-11-5-7-12(8-6-11)10-14(17)16-9-3-4-13(16)15(18)19-2/h5-8,13H,3-4,9-10H2,1-2H3. The third kappa shape index (κ3) is 3.13. The summed E-state index contributed by atoms with van der Waals surface area (Å²) in [4.78, 5) is 25.5. The van der Waals surface area contributed by atoms with Crippen molar-refractivity contribution < 1.29 is 14.3 Å². The highest BCUT2D eigenvalue weighted by Crippen LogP contribution is 2.19. The van der Waals surface area contributed by atoms with Crippen molar-refractivity contribution in [3.8, 4) is 0 Å². The topological polar surface area (TPSA) is 46.6 Å². The van der Waals surface area contributed by atoms with Gasteiger partial charge in [0, 0.05) is 6.54 Å². The van der Waals surface area contributed by atoms with E-state index in [1.165, 1.54) is 12.7 Å². The van der Waals surface area contributed by atoms with E-state index >= 15 is 0 Å². The number of nitrogens with zero attached hydrogens (tertiary/aromatic N) is 1. The van der Waals surface area contributed by atoms with E-state index in [4.69, 9.17) is 4.74 Å². The van der Waals surface area contributed by atoms with Gasteiger partial charge in [-0.3, -0.25) is 4.79 Å².